The number of halogens is 1. The van der Waals surface area contributed by atoms with Crippen molar-refractivity contribution in [2.24, 2.45) is 5.41 Å². The third kappa shape index (κ3) is 2.73. The summed E-state index contributed by atoms with van der Waals surface area (Å²) in [6.07, 6.45) is 0.787. The van der Waals surface area contributed by atoms with E-state index in [4.69, 9.17) is 21.1 Å². The molecule has 0 radical (unpaired) electrons. The minimum absolute atomic E-state index is 0.115. The highest BCUT2D eigenvalue weighted by Crippen LogP contribution is 2.33. The van der Waals surface area contributed by atoms with Crippen LogP contribution in [0, 0.1) is 5.41 Å². The average Bonchev–Trinajstić information content (AvgIpc) is 2.27. The molecule has 1 aromatic rings. The van der Waals surface area contributed by atoms with Crippen LogP contribution in [0.15, 0.2) is 18.2 Å². The minimum atomic E-state index is -0.115. The Kier molecular flexibility index (Phi) is 3.92. The number of rotatable bonds is 5. The van der Waals surface area contributed by atoms with E-state index < -0.39 is 0 Å². The fourth-order valence-electron chi connectivity index (χ4n) is 2.00. The van der Waals surface area contributed by atoms with Gasteiger partial charge in [-0.1, -0.05) is 17.7 Å². The fourth-order valence-corrected chi connectivity index (χ4v) is 2.26. The molecule has 1 aliphatic rings. The third-order valence-electron chi connectivity index (χ3n) is 3.03. The van der Waals surface area contributed by atoms with Gasteiger partial charge < -0.3 is 14.6 Å². The molecule has 2 rings (SSSR count). The molecule has 0 unspecified atom stereocenters. The van der Waals surface area contributed by atoms with E-state index in [9.17, 15) is 5.11 Å². The molecule has 0 aromatic heterocycles. The van der Waals surface area contributed by atoms with Gasteiger partial charge in [-0.25, -0.2) is 0 Å². The zero-order valence-electron chi connectivity index (χ0n) is 9.91. The largest absolute Gasteiger partial charge is 0.492 e. The van der Waals surface area contributed by atoms with Gasteiger partial charge in [-0.05, 0) is 31.0 Å². The van der Waals surface area contributed by atoms with Gasteiger partial charge in [0.05, 0.1) is 31.5 Å². The van der Waals surface area contributed by atoms with E-state index in [1.54, 1.807) is 0 Å². The van der Waals surface area contributed by atoms with Gasteiger partial charge in [-0.15, -0.1) is 0 Å². The van der Waals surface area contributed by atoms with Crippen LogP contribution in [0.4, 0.5) is 0 Å². The number of benzene rings is 1. The molecular weight excluding hydrogens is 240 g/mol. The highest BCUT2D eigenvalue weighted by atomic mass is 35.5. The Morgan fingerprint density at radius 3 is 2.71 bits per heavy atom. The van der Waals surface area contributed by atoms with Crippen molar-refractivity contribution in [2.45, 2.75) is 13.3 Å². The summed E-state index contributed by atoms with van der Waals surface area (Å²) in [4.78, 5) is 0. The molecule has 4 heteroatoms. The molecule has 0 amide bonds. The first-order chi connectivity index (χ1) is 8.19. The van der Waals surface area contributed by atoms with E-state index in [-0.39, 0.29) is 12.0 Å². The van der Waals surface area contributed by atoms with Crippen molar-refractivity contribution in [3.05, 3.63) is 28.8 Å². The summed E-state index contributed by atoms with van der Waals surface area (Å²) in [6, 6.07) is 5.78. The van der Waals surface area contributed by atoms with Crippen molar-refractivity contribution in [1.82, 2.24) is 0 Å². The van der Waals surface area contributed by atoms with Gasteiger partial charge in [0, 0.05) is 5.41 Å². The first-order valence-corrected chi connectivity index (χ1v) is 6.17. The summed E-state index contributed by atoms with van der Waals surface area (Å²) in [5, 5.41) is 9.99. The Labute approximate surface area is 106 Å². The van der Waals surface area contributed by atoms with E-state index >= 15 is 0 Å². The molecule has 17 heavy (non-hydrogen) atoms. The summed E-state index contributed by atoms with van der Waals surface area (Å²) in [6.45, 7) is 3.92. The van der Waals surface area contributed by atoms with Gasteiger partial charge in [0.1, 0.15) is 5.75 Å². The quantitative estimate of drug-likeness (QED) is 0.879. The number of aliphatic hydroxyl groups excluding tert-OH is 1. The molecule has 0 saturated carbocycles. The van der Waals surface area contributed by atoms with Crippen LogP contribution >= 0.6 is 11.6 Å². The third-order valence-corrected chi connectivity index (χ3v) is 3.32. The molecule has 1 aromatic carbocycles. The second-order valence-electron chi connectivity index (χ2n) is 4.53. The standard InChI is InChI=1S/C13H17ClO3/c1-2-17-12-4-3-10(5-11(12)14)6-13(7-15)8-16-9-13/h3-5,15H,2,6-9H2,1H3. The fraction of sp³-hybridized carbons (Fsp3) is 0.538. The zero-order valence-corrected chi connectivity index (χ0v) is 10.7. The number of hydrogen-bond donors (Lipinski definition) is 1. The molecule has 0 aliphatic carbocycles. The second-order valence-corrected chi connectivity index (χ2v) is 4.93. The molecule has 94 valence electrons. The van der Waals surface area contributed by atoms with Crippen LogP contribution in [0.2, 0.25) is 5.02 Å². The Morgan fingerprint density at radius 2 is 2.24 bits per heavy atom. The van der Waals surface area contributed by atoms with Crippen molar-refractivity contribution >= 4 is 11.6 Å². The maximum atomic E-state index is 9.37. The topological polar surface area (TPSA) is 38.7 Å². The van der Waals surface area contributed by atoms with Crippen molar-refractivity contribution in [2.75, 3.05) is 26.4 Å². The van der Waals surface area contributed by atoms with E-state index in [0.717, 1.165) is 12.0 Å². The van der Waals surface area contributed by atoms with Crippen molar-refractivity contribution < 1.29 is 14.6 Å². The lowest BCUT2D eigenvalue weighted by molar-refractivity contribution is -0.136. The van der Waals surface area contributed by atoms with Gasteiger partial charge in [0.2, 0.25) is 0 Å². The SMILES string of the molecule is CCOc1ccc(CC2(CO)COC2)cc1Cl. The van der Waals surface area contributed by atoms with Crippen LogP contribution in [-0.2, 0) is 11.2 Å². The second kappa shape index (κ2) is 5.25. The van der Waals surface area contributed by atoms with Crippen LogP contribution in [0.1, 0.15) is 12.5 Å². The van der Waals surface area contributed by atoms with E-state index in [0.29, 0.717) is 30.6 Å². The number of ether oxygens (including phenoxy) is 2. The molecule has 1 saturated heterocycles. The lowest BCUT2D eigenvalue weighted by atomic mass is 9.80. The lowest BCUT2D eigenvalue weighted by Gasteiger charge is -2.40. The Hall–Kier alpha value is -0.770. The minimum Gasteiger partial charge on any atom is -0.492 e. The monoisotopic (exact) mass is 256 g/mol. The van der Waals surface area contributed by atoms with Crippen molar-refractivity contribution in [3.63, 3.8) is 0 Å². The molecule has 1 heterocycles. The normalized spacial score (nSPS) is 17.6. The van der Waals surface area contributed by atoms with Crippen LogP contribution in [-0.4, -0.2) is 31.5 Å². The summed E-state index contributed by atoms with van der Waals surface area (Å²) in [7, 11) is 0. The van der Waals surface area contributed by atoms with Crippen molar-refractivity contribution in [1.29, 1.82) is 0 Å². The zero-order chi connectivity index (χ0) is 12.3. The molecule has 1 N–H and O–H groups in total. The highest BCUT2D eigenvalue weighted by Gasteiger charge is 2.38. The molecule has 0 bridgehead atoms. The van der Waals surface area contributed by atoms with E-state index in [2.05, 4.69) is 0 Å². The first kappa shape index (κ1) is 12.7. The number of aliphatic hydroxyl groups is 1. The van der Waals surface area contributed by atoms with Gasteiger partial charge in [0.15, 0.2) is 0 Å². The van der Waals surface area contributed by atoms with Crippen LogP contribution in [0.3, 0.4) is 0 Å². The van der Waals surface area contributed by atoms with Crippen LogP contribution in [0.25, 0.3) is 0 Å². The van der Waals surface area contributed by atoms with Gasteiger partial charge in [0.25, 0.3) is 0 Å². The van der Waals surface area contributed by atoms with Gasteiger partial charge in [-0.3, -0.25) is 0 Å². The van der Waals surface area contributed by atoms with Crippen molar-refractivity contribution in [3.8, 4) is 5.75 Å². The predicted octanol–water partition coefficient (Wildman–Crippen LogP) is 2.29. The summed E-state index contributed by atoms with van der Waals surface area (Å²) >= 11 is 6.12. The van der Waals surface area contributed by atoms with Gasteiger partial charge in [-0.2, -0.15) is 0 Å². The molecule has 3 nitrogen and oxygen atoms in total. The average molecular weight is 257 g/mol. The van der Waals surface area contributed by atoms with Crippen LogP contribution < -0.4 is 4.74 Å². The predicted molar refractivity (Wildman–Crippen MR) is 66.7 cm³/mol. The molecule has 1 aliphatic heterocycles. The van der Waals surface area contributed by atoms with Gasteiger partial charge >= 0.3 is 0 Å². The maximum Gasteiger partial charge on any atom is 0.137 e. The van der Waals surface area contributed by atoms with E-state index in [1.807, 2.05) is 25.1 Å². The Bertz CT molecular complexity index is 383. The Balaban J connectivity index is 2.09. The summed E-state index contributed by atoms with van der Waals surface area (Å²) in [5.74, 6) is 0.709. The lowest BCUT2D eigenvalue weighted by Crippen LogP contribution is -2.47. The molecule has 0 spiro atoms. The molecular formula is C13H17ClO3. The summed E-state index contributed by atoms with van der Waals surface area (Å²) in [5.41, 5.74) is 0.993. The smallest absolute Gasteiger partial charge is 0.137 e. The number of hydrogen-bond acceptors (Lipinski definition) is 3. The summed E-state index contributed by atoms with van der Waals surface area (Å²) < 4.78 is 10.6. The maximum absolute atomic E-state index is 9.37. The molecule has 1 fully saturated rings. The molecule has 0 atom stereocenters. The first-order valence-electron chi connectivity index (χ1n) is 5.79. The van der Waals surface area contributed by atoms with Crippen LogP contribution in [0.5, 0.6) is 5.75 Å². The Morgan fingerprint density at radius 1 is 1.47 bits per heavy atom. The van der Waals surface area contributed by atoms with E-state index in [1.165, 1.54) is 0 Å². The highest BCUT2D eigenvalue weighted by molar-refractivity contribution is 6.32.